The molecule has 0 aliphatic rings. The first-order chi connectivity index (χ1) is 8.13. The molecule has 1 heterocycles. The Morgan fingerprint density at radius 1 is 1.41 bits per heavy atom. The molecule has 0 bridgehead atoms. The molecular weight excluding hydrogens is 214 g/mol. The topological polar surface area (TPSA) is 62.4 Å². The van der Waals surface area contributed by atoms with E-state index in [1.54, 1.807) is 0 Å². The van der Waals surface area contributed by atoms with E-state index in [1.165, 1.54) is 0 Å². The summed E-state index contributed by atoms with van der Waals surface area (Å²) in [6, 6.07) is 2.08. The van der Waals surface area contributed by atoms with Crippen molar-refractivity contribution in [3.8, 4) is 0 Å². The summed E-state index contributed by atoms with van der Waals surface area (Å²) in [6.45, 7) is 8.60. The van der Waals surface area contributed by atoms with Gasteiger partial charge in [-0.05, 0) is 33.3 Å². The molecule has 0 aliphatic carbocycles. The molecule has 1 aromatic rings. The number of aliphatic hydroxyl groups excluding tert-OH is 1. The van der Waals surface area contributed by atoms with Crippen LogP contribution in [0, 0.1) is 13.8 Å². The molecule has 0 unspecified atom stereocenters. The van der Waals surface area contributed by atoms with E-state index in [0.29, 0.717) is 6.54 Å². The molecule has 17 heavy (non-hydrogen) atoms. The first-order valence-corrected chi connectivity index (χ1v) is 6.17. The van der Waals surface area contributed by atoms with Gasteiger partial charge in [-0.25, -0.2) is 0 Å². The molecule has 0 aromatic carbocycles. The maximum absolute atomic E-state index is 8.93. The van der Waals surface area contributed by atoms with E-state index in [4.69, 9.17) is 10.8 Å². The molecule has 0 aliphatic heterocycles. The summed E-state index contributed by atoms with van der Waals surface area (Å²) in [5, 5.41) is 8.93. The summed E-state index contributed by atoms with van der Waals surface area (Å²) in [5.74, 6) is 0. The first kappa shape index (κ1) is 13.9. The van der Waals surface area contributed by atoms with Crippen LogP contribution in [0.25, 0.3) is 0 Å². The molecule has 0 atom stereocenters. The van der Waals surface area contributed by atoms with Gasteiger partial charge in [0, 0.05) is 48.9 Å². The Balaban J connectivity index is 3.07. The van der Waals surface area contributed by atoms with Gasteiger partial charge in [0.05, 0.1) is 0 Å². The quantitative estimate of drug-likeness (QED) is 0.784. The van der Waals surface area contributed by atoms with Gasteiger partial charge in [0.1, 0.15) is 0 Å². The van der Waals surface area contributed by atoms with Crippen molar-refractivity contribution in [1.82, 2.24) is 4.98 Å². The third-order valence-corrected chi connectivity index (χ3v) is 2.95. The molecule has 1 rings (SSSR count). The molecule has 0 amide bonds. The van der Waals surface area contributed by atoms with Gasteiger partial charge < -0.3 is 15.7 Å². The lowest BCUT2D eigenvalue weighted by Gasteiger charge is -2.26. The molecular formula is C13H23N3O. The number of hydrogen-bond acceptors (Lipinski definition) is 4. The molecule has 1 aromatic heterocycles. The summed E-state index contributed by atoms with van der Waals surface area (Å²) >= 11 is 0. The van der Waals surface area contributed by atoms with E-state index in [9.17, 15) is 0 Å². The van der Waals surface area contributed by atoms with Crippen molar-refractivity contribution in [2.75, 3.05) is 24.6 Å². The zero-order valence-corrected chi connectivity index (χ0v) is 11.0. The summed E-state index contributed by atoms with van der Waals surface area (Å²) in [6.07, 6.45) is 0.776. The lowest BCUT2D eigenvalue weighted by molar-refractivity contribution is 0.289. The van der Waals surface area contributed by atoms with Crippen LogP contribution in [-0.4, -0.2) is 29.8 Å². The lowest BCUT2D eigenvalue weighted by atomic mass is 10.1. The highest BCUT2D eigenvalue weighted by atomic mass is 16.3. The number of aliphatic hydroxyl groups is 1. The minimum absolute atomic E-state index is 0.220. The Morgan fingerprint density at radius 2 is 2.12 bits per heavy atom. The Bertz CT molecular complexity index is 366. The minimum Gasteiger partial charge on any atom is -0.396 e. The lowest BCUT2D eigenvalue weighted by Crippen LogP contribution is -2.27. The SMILES string of the molecule is CCN(CCCO)c1cc(C)nc(C)c1CN. The summed E-state index contributed by atoms with van der Waals surface area (Å²) in [4.78, 5) is 6.70. The molecule has 0 radical (unpaired) electrons. The zero-order chi connectivity index (χ0) is 12.8. The van der Waals surface area contributed by atoms with Crippen LogP contribution >= 0.6 is 0 Å². The van der Waals surface area contributed by atoms with Gasteiger partial charge in [-0.2, -0.15) is 0 Å². The number of aromatic nitrogens is 1. The highest BCUT2D eigenvalue weighted by Gasteiger charge is 2.12. The number of nitrogens with zero attached hydrogens (tertiary/aromatic N) is 2. The van der Waals surface area contributed by atoms with Gasteiger partial charge >= 0.3 is 0 Å². The van der Waals surface area contributed by atoms with E-state index >= 15 is 0 Å². The van der Waals surface area contributed by atoms with E-state index < -0.39 is 0 Å². The van der Waals surface area contributed by atoms with E-state index in [1.807, 2.05) is 13.8 Å². The first-order valence-electron chi connectivity index (χ1n) is 6.17. The van der Waals surface area contributed by atoms with Gasteiger partial charge in [-0.15, -0.1) is 0 Å². The fourth-order valence-corrected chi connectivity index (χ4v) is 2.08. The molecule has 0 saturated heterocycles. The predicted molar refractivity (Wildman–Crippen MR) is 71.2 cm³/mol. The number of pyridine rings is 1. The average molecular weight is 237 g/mol. The van der Waals surface area contributed by atoms with Gasteiger partial charge in [0.25, 0.3) is 0 Å². The molecule has 0 saturated carbocycles. The Morgan fingerprint density at radius 3 is 2.65 bits per heavy atom. The summed E-state index contributed by atoms with van der Waals surface area (Å²) in [7, 11) is 0. The third-order valence-electron chi connectivity index (χ3n) is 2.95. The predicted octanol–water partition coefficient (Wildman–Crippen LogP) is 1.37. The van der Waals surface area contributed by atoms with Crippen molar-refractivity contribution < 1.29 is 5.11 Å². The average Bonchev–Trinajstić information content (AvgIpc) is 2.29. The van der Waals surface area contributed by atoms with Crippen LogP contribution in [0.4, 0.5) is 5.69 Å². The van der Waals surface area contributed by atoms with Crippen molar-refractivity contribution >= 4 is 5.69 Å². The van der Waals surface area contributed by atoms with E-state index in [2.05, 4.69) is 22.9 Å². The molecule has 96 valence electrons. The van der Waals surface area contributed by atoms with Crippen LogP contribution in [0.15, 0.2) is 6.07 Å². The van der Waals surface area contributed by atoms with Crippen LogP contribution in [-0.2, 0) is 6.54 Å². The number of rotatable bonds is 6. The number of hydrogen-bond donors (Lipinski definition) is 2. The second kappa shape index (κ2) is 6.57. The second-order valence-electron chi connectivity index (χ2n) is 4.21. The van der Waals surface area contributed by atoms with E-state index in [0.717, 1.165) is 42.1 Å². The van der Waals surface area contributed by atoms with Crippen molar-refractivity contribution in [2.24, 2.45) is 5.73 Å². The number of anilines is 1. The van der Waals surface area contributed by atoms with Gasteiger partial charge in [0.15, 0.2) is 0 Å². The maximum atomic E-state index is 8.93. The van der Waals surface area contributed by atoms with E-state index in [-0.39, 0.29) is 6.61 Å². The van der Waals surface area contributed by atoms with Crippen molar-refractivity contribution in [2.45, 2.75) is 33.7 Å². The normalized spacial score (nSPS) is 10.6. The number of aryl methyl sites for hydroxylation is 2. The number of nitrogens with two attached hydrogens (primary N) is 1. The van der Waals surface area contributed by atoms with Crippen LogP contribution in [0.5, 0.6) is 0 Å². The largest absolute Gasteiger partial charge is 0.396 e. The smallest absolute Gasteiger partial charge is 0.0448 e. The van der Waals surface area contributed by atoms with Crippen molar-refractivity contribution in [3.63, 3.8) is 0 Å². The Labute approximate surface area is 103 Å². The monoisotopic (exact) mass is 237 g/mol. The van der Waals surface area contributed by atoms with Crippen molar-refractivity contribution in [3.05, 3.63) is 23.0 Å². The second-order valence-corrected chi connectivity index (χ2v) is 4.21. The maximum Gasteiger partial charge on any atom is 0.0448 e. The fourth-order valence-electron chi connectivity index (χ4n) is 2.08. The van der Waals surface area contributed by atoms with Crippen molar-refractivity contribution in [1.29, 1.82) is 0 Å². The molecule has 4 nitrogen and oxygen atoms in total. The molecule has 4 heteroatoms. The van der Waals surface area contributed by atoms with Gasteiger partial charge in [-0.3, -0.25) is 4.98 Å². The minimum atomic E-state index is 0.220. The highest BCUT2D eigenvalue weighted by molar-refractivity contribution is 5.56. The summed E-state index contributed by atoms with van der Waals surface area (Å²) in [5.41, 5.74) is 10.1. The Hall–Kier alpha value is -1.13. The third kappa shape index (κ3) is 3.41. The van der Waals surface area contributed by atoms with Gasteiger partial charge in [-0.1, -0.05) is 0 Å². The summed E-state index contributed by atoms with van der Waals surface area (Å²) < 4.78 is 0. The van der Waals surface area contributed by atoms with Crippen LogP contribution in [0.2, 0.25) is 0 Å². The Kier molecular flexibility index (Phi) is 5.38. The molecule has 3 N–H and O–H groups in total. The van der Waals surface area contributed by atoms with Crippen LogP contribution in [0.3, 0.4) is 0 Å². The van der Waals surface area contributed by atoms with Crippen LogP contribution < -0.4 is 10.6 Å². The highest BCUT2D eigenvalue weighted by Crippen LogP contribution is 2.23. The molecule has 0 fully saturated rings. The van der Waals surface area contributed by atoms with Gasteiger partial charge in [0.2, 0.25) is 0 Å². The fraction of sp³-hybridized carbons (Fsp3) is 0.615. The standard InChI is InChI=1S/C13H23N3O/c1-4-16(6-5-7-17)13-8-10(2)15-11(3)12(13)9-14/h8,17H,4-7,9,14H2,1-3H3. The van der Waals surface area contributed by atoms with Crippen LogP contribution in [0.1, 0.15) is 30.3 Å². The zero-order valence-electron chi connectivity index (χ0n) is 11.0. The molecule has 0 spiro atoms.